The molecule has 0 spiro atoms. The molecule has 0 saturated carbocycles. The molecule has 0 aromatic heterocycles. The molecule has 1 aromatic carbocycles. The predicted octanol–water partition coefficient (Wildman–Crippen LogP) is 3.90. The topological polar surface area (TPSA) is 29.1 Å². The van der Waals surface area contributed by atoms with Crippen LogP contribution in [-0.2, 0) is 11.0 Å². The van der Waals surface area contributed by atoms with Gasteiger partial charge in [-0.25, -0.2) is 0 Å². The van der Waals surface area contributed by atoms with Gasteiger partial charge in [-0.05, 0) is 30.2 Å². The number of carbonyl (C=O) groups is 1. The van der Waals surface area contributed by atoms with Gasteiger partial charge in [-0.15, -0.1) is 0 Å². The summed E-state index contributed by atoms with van der Waals surface area (Å²) < 4.78 is 37.8. The van der Waals surface area contributed by atoms with E-state index in [1.54, 1.807) is 0 Å². The van der Waals surface area contributed by atoms with Crippen molar-refractivity contribution in [1.29, 1.82) is 0 Å². The van der Waals surface area contributed by atoms with Gasteiger partial charge in [0.25, 0.3) is 0 Å². The number of nitrogens with one attached hydrogen (secondary N) is 1. The Labute approximate surface area is 114 Å². The van der Waals surface area contributed by atoms with E-state index in [0.717, 1.165) is 18.6 Å². The quantitative estimate of drug-likeness (QED) is 0.838. The summed E-state index contributed by atoms with van der Waals surface area (Å²) in [6.45, 7) is 2.43. The molecule has 0 aliphatic rings. The van der Waals surface area contributed by atoms with Gasteiger partial charge in [0.15, 0.2) is 0 Å². The lowest BCUT2D eigenvalue weighted by atomic mass is 10.1. The molecule has 19 heavy (non-hydrogen) atoms. The normalized spacial score (nSPS) is 11.8. The SMILES string of the molecule is CCCNC(=O)C=Cc1ccc(Cl)c(C(F)(F)F)c1. The molecule has 0 heterocycles. The zero-order valence-corrected chi connectivity index (χ0v) is 11.0. The van der Waals surface area contributed by atoms with E-state index in [2.05, 4.69) is 5.32 Å². The third-order valence-electron chi connectivity index (χ3n) is 2.27. The summed E-state index contributed by atoms with van der Waals surface area (Å²) in [6.07, 6.45) is -1.21. The Bertz CT molecular complexity index is 483. The maximum atomic E-state index is 12.6. The van der Waals surface area contributed by atoms with Gasteiger partial charge in [-0.3, -0.25) is 4.79 Å². The van der Waals surface area contributed by atoms with Gasteiger partial charge in [0.05, 0.1) is 10.6 Å². The second-order valence-electron chi connectivity index (χ2n) is 3.86. The fourth-order valence-corrected chi connectivity index (χ4v) is 1.57. The highest BCUT2D eigenvalue weighted by Gasteiger charge is 2.33. The van der Waals surface area contributed by atoms with Crippen molar-refractivity contribution in [2.24, 2.45) is 0 Å². The lowest BCUT2D eigenvalue weighted by Gasteiger charge is -2.09. The monoisotopic (exact) mass is 291 g/mol. The summed E-state index contributed by atoms with van der Waals surface area (Å²) in [5, 5.41) is 2.22. The fraction of sp³-hybridized carbons (Fsp3) is 0.308. The predicted molar refractivity (Wildman–Crippen MR) is 68.8 cm³/mol. The van der Waals surface area contributed by atoms with Gasteiger partial charge in [0.2, 0.25) is 5.91 Å². The Morgan fingerprint density at radius 2 is 2.11 bits per heavy atom. The first-order valence-electron chi connectivity index (χ1n) is 5.67. The summed E-state index contributed by atoms with van der Waals surface area (Å²) >= 11 is 5.49. The molecule has 1 rings (SSSR count). The summed E-state index contributed by atoms with van der Waals surface area (Å²) in [6, 6.07) is 3.49. The average Bonchev–Trinajstić information content (AvgIpc) is 2.34. The number of alkyl halides is 3. The van der Waals surface area contributed by atoms with Crippen LogP contribution in [0.25, 0.3) is 6.08 Å². The van der Waals surface area contributed by atoms with E-state index in [1.165, 1.54) is 18.2 Å². The maximum Gasteiger partial charge on any atom is 0.417 e. The molecule has 0 aliphatic heterocycles. The number of benzene rings is 1. The minimum atomic E-state index is -4.51. The molecule has 104 valence electrons. The van der Waals surface area contributed by atoms with Crippen molar-refractivity contribution in [3.05, 3.63) is 40.4 Å². The molecule has 1 N–H and O–H groups in total. The van der Waals surface area contributed by atoms with E-state index in [1.807, 2.05) is 6.92 Å². The van der Waals surface area contributed by atoms with E-state index in [-0.39, 0.29) is 16.5 Å². The number of carbonyl (C=O) groups excluding carboxylic acids is 1. The Balaban J connectivity index is 2.86. The molecule has 6 heteroatoms. The summed E-state index contributed by atoms with van der Waals surface area (Å²) in [4.78, 5) is 11.3. The first-order valence-corrected chi connectivity index (χ1v) is 6.05. The second kappa shape index (κ2) is 6.61. The molecule has 0 unspecified atom stereocenters. The molecule has 2 nitrogen and oxygen atoms in total. The van der Waals surface area contributed by atoms with Crippen LogP contribution in [0.5, 0.6) is 0 Å². The van der Waals surface area contributed by atoms with E-state index >= 15 is 0 Å². The van der Waals surface area contributed by atoms with Crippen molar-refractivity contribution in [3.63, 3.8) is 0 Å². The Kier molecular flexibility index (Phi) is 5.42. The van der Waals surface area contributed by atoms with Gasteiger partial charge >= 0.3 is 6.18 Å². The van der Waals surface area contributed by atoms with E-state index in [4.69, 9.17) is 11.6 Å². The lowest BCUT2D eigenvalue weighted by molar-refractivity contribution is -0.137. The highest BCUT2D eigenvalue weighted by molar-refractivity contribution is 6.31. The van der Waals surface area contributed by atoms with Gasteiger partial charge in [0, 0.05) is 12.6 Å². The van der Waals surface area contributed by atoms with Crippen molar-refractivity contribution < 1.29 is 18.0 Å². The number of hydrogen-bond acceptors (Lipinski definition) is 1. The highest BCUT2D eigenvalue weighted by Crippen LogP contribution is 2.35. The van der Waals surface area contributed by atoms with Gasteiger partial charge in [-0.2, -0.15) is 13.2 Å². The van der Waals surface area contributed by atoms with Crippen LogP contribution in [0.1, 0.15) is 24.5 Å². The van der Waals surface area contributed by atoms with Crippen molar-refractivity contribution in [3.8, 4) is 0 Å². The van der Waals surface area contributed by atoms with Crippen LogP contribution < -0.4 is 5.32 Å². The molecule has 0 aliphatic carbocycles. The molecular formula is C13H13ClF3NO. The van der Waals surface area contributed by atoms with Crippen molar-refractivity contribution in [2.45, 2.75) is 19.5 Å². The third kappa shape index (κ3) is 4.95. The van der Waals surface area contributed by atoms with Gasteiger partial charge in [-0.1, -0.05) is 24.6 Å². The third-order valence-corrected chi connectivity index (χ3v) is 2.60. The fourth-order valence-electron chi connectivity index (χ4n) is 1.34. The summed E-state index contributed by atoms with van der Waals surface area (Å²) in [5.74, 6) is -0.342. The molecule has 0 radical (unpaired) electrons. The number of halogens is 4. The highest BCUT2D eigenvalue weighted by atomic mass is 35.5. The minimum Gasteiger partial charge on any atom is -0.353 e. The van der Waals surface area contributed by atoms with Crippen LogP contribution in [0.15, 0.2) is 24.3 Å². The average molecular weight is 292 g/mol. The Morgan fingerprint density at radius 3 is 2.68 bits per heavy atom. The van der Waals surface area contributed by atoms with Crippen LogP contribution in [0.2, 0.25) is 5.02 Å². The van der Waals surface area contributed by atoms with Gasteiger partial charge in [0.1, 0.15) is 0 Å². The van der Waals surface area contributed by atoms with Crippen molar-refractivity contribution >= 4 is 23.6 Å². The van der Waals surface area contributed by atoms with Crippen LogP contribution in [0, 0.1) is 0 Å². The van der Waals surface area contributed by atoms with Crippen LogP contribution in [-0.4, -0.2) is 12.5 Å². The summed E-state index contributed by atoms with van der Waals surface area (Å²) in [5.41, 5.74) is -0.645. The van der Waals surface area contributed by atoms with Crippen molar-refractivity contribution in [1.82, 2.24) is 5.32 Å². The summed E-state index contributed by atoms with van der Waals surface area (Å²) in [7, 11) is 0. The van der Waals surface area contributed by atoms with E-state index < -0.39 is 11.7 Å². The van der Waals surface area contributed by atoms with E-state index in [0.29, 0.717) is 6.54 Å². The largest absolute Gasteiger partial charge is 0.417 e. The lowest BCUT2D eigenvalue weighted by Crippen LogP contribution is -2.21. The molecule has 0 bridgehead atoms. The van der Waals surface area contributed by atoms with Crippen LogP contribution in [0.4, 0.5) is 13.2 Å². The van der Waals surface area contributed by atoms with E-state index in [9.17, 15) is 18.0 Å². The number of hydrogen-bond donors (Lipinski definition) is 1. The molecule has 0 fully saturated rings. The van der Waals surface area contributed by atoms with Crippen molar-refractivity contribution in [2.75, 3.05) is 6.54 Å². The Hall–Kier alpha value is -1.49. The molecule has 1 amide bonds. The number of rotatable bonds is 4. The standard InChI is InChI=1S/C13H13ClF3NO/c1-2-7-18-12(19)6-4-9-3-5-11(14)10(8-9)13(15,16)17/h3-6,8H,2,7H2,1H3,(H,18,19). The minimum absolute atomic E-state index is 0.267. The number of amides is 1. The molecular weight excluding hydrogens is 279 g/mol. The zero-order chi connectivity index (χ0) is 14.5. The Morgan fingerprint density at radius 1 is 1.42 bits per heavy atom. The first kappa shape index (κ1) is 15.6. The van der Waals surface area contributed by atoms with Gasteiger partial charge < -0.3 is 5.32 Å². The molecule has 0 saturated heterocycles. The zero-order valence-electron chi connectivity index (χ0n) is 10.2. The van der Waals surface area contributed by atoms with Crippen LogP contribution in [0.3, 0.4) is 0 Å². The first-order chi connectivity index (χ1) is 8.84. The maximum absolute atomic E-state index is 12.6. The molecule has 1 aromatic rings. The molecule has 0 atom stereocenters. The second-order valence-corrected chi connectivity index (χ2v) is 4.27. The van der Waals surface area contributed by atoms with Crippen LogP contribution >= 0.6 is 11.6 Å². The smallest absolute Gasteiger partial charge is 0.353 e.